The van der Waals surface area contributed by atoms with Crippen LogP contribution in [0.25, 0.3) is 10.9 Å². The Bertz CT molecular complexity index is 789. The van der Waals surface area contributed by atoms with E-state index in [0.717, 1.165) is 58.1 Å². The number of para-hydroxylation sites is 1. The van der Waals surface area contributed by atoms with Crippen LogP contribution in [0, 0.1) is 6.92 Å². The number of benzene rings is 1. The van der Waals surface area contributed by atoms with E-state index in [9.17, 15) is 0 Å². The molecule has 3 N–H and O–H groups in total. The number of H-pyrrole nitrogens is 1. The van der Waals surface area contributed by atoms with E-state index in [2.05, 4.69) is 72.7 Å². The lowest BCUT2D eigenvalue weighted by Gasteiger charge is -2.41. The van der Waals surface area contributed by atoms with Crippen LogP contribution in [0.5, 0.6) is 0 Å². The van der Waals surface area contributed by atoms with Crippen molar-refractivity contribution >= 4 is 16.9 Å². The summed E-state index contributed by atoms with van der Waals surface area (Å²) in [6.45, 7) is 8.39. The van der Waals surface area contributed by atoms with E-state index in [1.54, 1.807) is 0 Å². The van der Waals surface area contributed by atoms with Gasteiger partial charge in [0, 0.05) is 48.4 Å². The molecule has 2 heterocycles. The maximum Gasteiger partial charge on any atom is 0.191 e. The molecular formula is C22H35N5O. The number of aryl methyl sites for hydroxylation is 1. The van der Waals surface area contributed by atoms with Gasteiger partial charge < -0.3 is 25.3 Å². The molecule has 0 saturated carbocycles. The Labute approximate surface area is 168 Å². The first-order valence-corrected chi connectivity index (χ1v) is 10.4. The second-order valence-electron chi connectivity index (χ2n) is 7.88. The third-order valence-corrected chi connectivity index (χ3v) is 5.94. The number of likely N-dealkylation sites (N-methyl/N-ethyl adjacent to an activating group) is 1. The third kappa shape index (κ3) is 4.67. The predicted octanol–water partition coefficient (Wildman–Crippen LogP) is 2.68. The van der Waals surface area contributed by atoms with Crippen molar-refractivity contribution < 1.29 is 4.74 Å². The van der Waals surface area contributed by atoms with Crippen LogP contribution in [-0.2, 0) is 11.2 Å². The Morgan fingerprint density at radius 3 is 2.68 bits per heavy atom. The van der Waals surface area contributed by atoms with Gasteiger partial charge in [-0.05, 0) is 58.8 Å². The van der Waals surface area contributed by atoms with Crippen LogP contribution in [-0.4, -0.2) is 68.3 Å². The third-order valence-electron chi connectivity index (χ3n) is 5.94. The molecule has 6 nitrogen and oxygen atoms in total. The zero-order valence-electron chi connectivity index (χ0n) is 17.8. The highest BCUT2D eigenvalue weighted by Crippen LogP contribution is 2.26. The SMILES string of the molecule is CCNC(=NCC1(N(C)C)CCOCC1)NCCc1c(C)[nH]c2ccccc12. The molecule has 0 spiro atoms. The highest BCUT2D eigenvalue weighted by Gasteiger charge is 2.34. The number of hydrogen-bond acceptors (Lipinski definition) is 3. The van der Waals surface area contributed by atoms with Gasteiger partial charge in [-0.2, -0.15) is 0 Å². The molecule has 2 aromatic rings. The Kier molecular flexibility index (Phi) is 6.97. The van der Waals surface area contributed by atoms with Gasteiger partial charge in [-0.25, -0.2) is 0 Å². The number of hydrogen-bond donors (Lipinski definition) is 3. The number of ether oxygens (including phenoxy) is 1. The zero-order chi connectivity index (χ0) is 20.0. The lowest BCUT2D eigenvalue weighted by Crippen LogP contribution is -2.51. The Morgan fingerprint density at radius 1 is 1.21 bits per heavy atom. The van der Waals surface area contributed by atoms with E-state index in [1.165, 1.54) is 22.2 Å². The summed E-state index contributed by atoms with van der Waals surface area (Å²) in [7, 11) is 4.31. The topological polar surface area (TPSA) is 64.7 Å². The summed E-state index contributed by atoms with van der Waals surface area (Å²) in [6.07, 6.45) is 3.02. The van der Waals surface area contributed by atoms with Gasteiger partial charge in [0.25, 0.3) is 0 Å². The molecule has 0 bridgehead atoms. The summed E-state index contributed by atoms with van der Waals surface area (Å²) in [5.41, 5.74) is 3.93. The van der Waals surface area contributed by atoms with Crippen molar-refractivity contribution in [2.75, 3.05) is 46.9 Å². The second kappa shape index (κ2) is 9.43. The first-order valence-electron chi connectivity index (χ1n) is 10.4. The molecule has 0 amide bonds. The number of rotatable bonds is 7. The monoisotopic (exact) mass is 385 g/mol. The molecular weight excluding hydrogens is 350 g/mol. The summed E-state index contributed by atoms with van der Waals surface area (Å²) < 4.78 is 5.57. The molecule has 3 rings (SSSR count). The standard InChI is InChI=1S/C22H35N5O/c1-5-23-21(25-16-22(27(3)4)11-14-28-15-12-22)24-13-10-18-17(2)26-20-9-7-6-8-19(18)20/h6-9,26H,5,10-16H2,1-4H3,(H2,23,24,25). The maximum absolute atomic E-state index is 5.57. The quantitative estimate of drug-likeness (QED) is 0.506. The fourth-order valence-corrected chi connectivity index (χ4v) is 4.03. The fourth-order valence-electron chi connectivity index (χ4n) is 4.03. The molecule has 0 aliphatic carbocycles. The fraction of sp³-hybridized carbons (Fsp3) is 0.591. The number of aromatic nitrogens is 1. The molecule has 154 valence electrons. The van der Waals surface area contributed by atoms with Gasteiger partial charge in [0.15, 0.2) is 5.96 Å². The number of aliphatic imine (C=N–C) groups is 1. The molecule has 0 radical (unpaired) electrons. The molecule has 28 heavy (non-hydrogen) atoms. The number of fused-ring (bicyclic) bond motifs is 1. The average molecular weight is 386 g/mol. The summed E-state index contributed by atoms with van der Waals surface area (Å²) in [5.74, 6) is 0.896. The van der Waals surface area contributed by atoms with Gasteiger partial charge in [-0.3, -0.25) is 4.99 Å². The molecule has 0 unspecified atom stereocenters. The smallest absolute Gasteiger partial charge is 0.191 e. The average Bonchev–Trinajstić information content (AvgIpc) is 3.02. The Morgan fingerprint density at radius 2 is 1.96 bits per heavy atom. The van der Waals surface area contributed by atoms with Crippen LogP contribution < -0.4 is 10.6 Å². The number of nitrogens with one attached hydrogen (secondary N) is 3. The first-order chi connectivity index (χ1) is 13.6. The Balaban J connectivity index is 1.64. The lowest BCUT2D eigenvalue weighted by molar-refractivity contribution is -0.00254. The zero-order valence-corrected chi connectivity index (χ0v) is 17.8. The summed E-state index contributed by atoms with van der Waals surface area (Å²) in [5, 5.41) is 8.23. The van der Waals surface area contributed by atoms with E-state index in [0.29, 0.717) is 0 Å². The van der Waals surface area contributed by atoms with Crippen LogP contribution in [0.15, 0.2) is 29.3 Å². The van der Waals surface area contributed by atoms with Crippen molar-refractivity contribution in [2.24, 2.45) is 4.99 Å². The van der Waals surface area contributed by atoms with Crippen LogP contribution >= 0.6 is 0 Å². The van der Waals surface area contributed by atoms with Crippen LogP contribution in [0.2, 0.25) is 0 Å². The summed E-state index contributed by atoms with van der Waals surface area (Å²) >= 11 is 0. The van der Waals surface area contributed by atoms with Gasteiger partial charge in [0.2, 0.25) is 0 Å². The van der Waals surface area contributed by atoms with Crippen molar-refractivity contribution in [3.8, 4) is 0 Å². The largest absolute Gasteiger partial charge is 0.381 e. The lowest BCUT2D eigenvalue weighted by atomic mass is 9.89. The Hall–Kier alpha value is -2.05. The molecule has 1 aliphatic rings. The molecule has 1 saturated heterocycles. The van der Waals surface area contributed by atoms with E-state index < -0.39 is 0 Å². The minimum Gasteiger partial charge on any atom is -0.381 e. The summed E-state index contributed by atoms with van der Waals surface area (Å²) in [6, 6.07) is 8.51. The molecule has 6 heteroatoms. The maximum atomic E-state index is 5.57. The molecule has 0 atom stereocenters. The van der Waals surface area contributed by atoms with Crippen molar-refractivity contribution in [1.29, 1.82) is 0 Å². The van der Waals surface area contributed by atoms with Crippen molar-refractivity contribution in [3.05, 3.63) is 35.5 Å². The normalized spacial score (nSPS) is 17.2. The molecule has 1 fully saturated rings. The van der Waals surface area contributed by atoms with Crippen molar-refractivity contribution in [3.63, 3.8) is 0 Å². The van der Waals surface area contributed by atoms with Gasteiger partial charge in [-0.15, -0.1) is 0 Å². The minimum atomic E-state index is 0.0913. The van der Waals surface area contributed by atoms with Crippen LogP contribution in [0.3, 0.4) is 0 Å². The minimum absolute atomic E-state index is 0.0913. The van der Waals surface area contributed by atoms with Gasteiger partial charge in [0.1, 0.15) is 0 Å². The van der Waals surface area contributed by atoms with E-state index in [1.807, 2.05) is 0 Å². The van der Waals surface area contributed by atoms with E-state index in [4.69, 9.17) is 9.73 Å². The van der Waals surface area contributed by atoms with Crippen LogP contribution in [0.1, 0.15) is 31.0 Å². The number of guanidine groups is 1. The van der Waals surface area contributed by atoms with Gasteiger partial charge >= 0.3 is 0 Å². The number of aromatic amines is 1. The first kappa shape index (κ1) is 20.7. The second-order valence-corrected chi connectivity index (χ2v) is 7.88. The number of nitrogens with zero attached hydrogens (tertiary/aromatic N) is 2. The van der Waals surface area contributed by atoms with Gasteiger partial charge in [0.05, 0.1) is 6.54 Å². The molecule has 1 aromatic heterocycles. The van der Waals surface area contributed by atoms with Crippen molar-refractivity contribution in [1.82, 2.24) is 20.5 Å². The highest BCUT2D eigenvalue weighted by atomic mass is 16.5. The van der Waals surface area contributed by atoms with Crippen LogP contribution in [0.4, 0.5) is 0 Å². The van der Waals surface area contributed by atoms with Gasteiger partial charge in [-0.1, -0.05) is 18.2 Å². The molecule has 1 aromatic carbocycles. The van der Waals surface area contributed by atoms with E-state index in [-0.39, 0.29) is 5.54 Å². The highest BCUT2D eigenvalue weighted by molar-refractivity contribution is 5.84. The summed E-state index contributed by atoms with van der Waals surface area (Å²) in [4.78, 5) is 10.7. The van der Waals surface area contributed by atoms with Crippen molar-refractivity contribution in [2.45, 2.75) is 38.6 Å². The predicted molar refractivity (Wildman–Crippen MR) is 117 cm³/mol. The van der Waals surface area contributed by atoms with E-state index >= 15 is 0 Å². The molecule has 1 aliphatic heterocycles.